The highest BCUT2D eigenvalue weighted by Gasteiger charge is 2.41. The molecule has 0 unspecified atom stereocenters. The van der Waals surface area contributed by atoms with Gasteiger partial charge in [-0.15, -0.1) is 0 Å². The first-order valence-electron chi connectivity index (χ1n) is 6.66. The van der Waals surface area contributed by atoms with Gasteiger partial charge in [0.2, 0.25) is 10.0 Å². The number of hydrogen-bond acceptors (Lipinski definition) is 4. The second-order valence-electron chi connectivity index (χ2n) is 5.13. The zero-order valence-corrected chi connectivity index (χ0v) is 12.4. The summed E-state index contributed by atoms with van der Waals surface area (Å²) in [5, 5.41) is 10.6. The summed E-state index contributed by atoms with van der Waals surface area (Å²) in [5.74, 6) is 0. The molecule has 1 aliphatic heterocycles. The number of pyridine rings is 1. The fraction of sp³-hybridized carbons (Fsp3) is 0.267. The van der Waals surface area contributed by atoms with Crippen LogP contribution in [0.15, 0.2) is 53.7 Å². The SMILES string of the molecule is CN1[C@H](Cc2ccncc2)[C@H](O)c2ccccc2S1(=O)=O. The van der Waals surface area contributed by atoms with Gasteiger partial charge in [-0.1, -0.05) is 18.2 Å². The van der Waals surface area contributed by atoms with Gasteiger partial charge in [-0.3, -0.25) is 4.98 Å². The van der Waals surface area contributed by atoms with Gasteiger partial charge in [0.05, 0.1) is 17.0 Å². The number of likely N-dealkylation sites (N-methyl/N-ethyl adjacent to an activating group) is 1. The zero-order valence-electron chi connectivity index (χ0n) is 11.5. The molecule has 0 fully saturated rings. The molecule has 3 rings (SSSR count). The molecule has 1 aliphatic rings. The maximum atomic E-state index is 12.6. The number of hydrogen-bond donors (Lipinski definition) is 1. The number of rotatable bonds is 2. The van der Waals surface area contributed by atoms with Crippen molar-refractivity contribution in [2.45, 2.75) is 23.5 Å². The summed E-state index contributed by atoms with van der Waals surface area (Å²) in [7, 11) is -2.05. The van der Waals surface area contributed by atoms with Crippen LogP contribution in [0.5, 0.6) is 0 Å². The minimum Gasteiger partial charge on any atom is -0.387 e. The fourth-order valence-electron chi connectivity index (χ4n) is 2.70. The summed E-state index contributed by atoms with van der Waals surface area (Å²) in [4.78, 5) is 4.13. The molecule has 1 aromatic heterocycles. The minimum absolute atomic E-state index is 0.186. The van der Waals surface area contributed by atoms with Gasteiger partial charge in [0.1, 0.15) is 0 Å². The first-order chi connectivity index (χ1) is 10.0. The number of nitrogens with zero attached hydrogens (tertiary/aromatic N) is 2. The molecule has 0 saturated heterocycles. The maximum absolute atomic E-state index is 12.6. The van der Waals surface area contributed by atoms with Crippen molar-refractivity contribution in [3.63, 3.8) is 0 Å². The van der Waals surface area contributed by atoms with Gasteiger partial charge in [0.25, 0.3) is 0 Å². The molecule has 21 heavy (non-hydrogen) atoms. The third-order valence-electron chi connectivity index (χ3n) is 3.92. The van der Waals surface area contributed by atoms with Crippen molar-refractivity contribution in [3.05, 3.63) is 59.9 Å². The highest BCUT2D eigenvalue weighted by atomic mass is 32.2. The lowest BCUT2D eigenvalue weighted by molar-refractivity contribution is 0.0892. The largest absolute Gasteiger partial charge is 0.387 e. The molecule has 1 N–H and O–H groups in total. The Balaban J connectivity index is 2.04. The average Bonchev–Trinajstić information content (AvgIpc) is 2.51. The zero-order chi connectivity index (χ0) is 15.0. The number of fused-ring (bicyclic) bond motifs is 1. The van der Waals surface area contributed by atoms with E-state index >= 15 is 0 Å². The second-order valence-corrected chi connectivity index (χ2v) is 7.10. The van der Waals surface area contributed by atoms with E-state index in [0.29, 0.717) is 12.0 Å². The van der Waals surface area contributed by atoms with Crippen LogP contribution in [0.2, 0.25) is 0 Å². The quantitative estimate of drug-likeness (QED) is 0.909. The van der Waals surface area contributed by atoms with E-state index in [1.165, 1.54) is 17.4 Å². The van der Waals surface area contributed by atoms with Crippen LogP contribution in [0.1, 0.15) is 17.2 Å². The van der Waals surface area contributed by atoms with Crippen LogP contribution in [-0.4, -0.2) is 35.9 Å². The number of sulfonamides is 1. The number of benzene rings is 1. The molecule has 2 heterocycles. The Morgan fingerprint density at radius 3 is 2.57 bits per heavy atom. The fourth-order valence-corrected chi connectivity index (χ4v) is 4.29. The average molecular weight is 304 g/mol. The van der Waals surface area contributed by atoms with Crippen molar-refractivity contribution in [2.24, 2.45) is 0 Å². The third-order valence-corrected chi connectivity index (χ3v) is 5.88. The predicted molar refractivity (Wildman–Crippen MR) is 78.1 cm³/mol. The molecule has 6 heteroatoms. The number of aliphatic hydroxyl groups excluding tert-OH is 1. The molecule has 0 saturated carbocycles. The van der Waals surface area contributed by atoms with Gasteiger partial charge in [0, 0.05) is 25.0 Å². The minimum atomic E-state index is -3.57. The van der Waals surface area contributed by atoms with Gasteiger partial charge in [-0.2, -0.15) is 4.31 Å². The van der Waals surface area contributed by atoms with Crippen molar-refractivity contribution >= 4 is 10.0 Å². The summed E-state index contributed by atoms with van der Waals surface area (Å²) in [6.45, 7) is 0. The maximum Gasteiger partial charge on any atom is 0.243 e. The lowest BCUT2D eigenvalue weighted by Crippen LogP contribution is -2.46. The van der Waals surface area contributed by atoms with E-state index in [0.717, 1.165) is 5.56 Å². The van der Waals surface area contributed by atoms with Crippen LogP contribution in [0.4, 0.5) is 0 Å². The van der Waals surface area contributed by atoms with Gasteiger partial charge < -0.3 is 5.11 Å². The lowest BCUT2D eigenvalue weighted by atomic mass is 9.96. The number of aromatic nitrogens is 1. The summed E-state index contributed by atoms with van der Waals surface area (Å²) >= 11 is 0. The lowest BCUT2D eigenvalue weighted by Gasteiger charge is -2.37. The van der Waals surface area contributed by atoms with Crippen molar-refractivity contribution in [1.29, 1.82) is 0 Å². The molecular weight excluding hydrogens is 288 g/mol. The van der Waals surface area contributed by atoms with Crippen molar-refractivity contribution < 1.29 is 13.5 Å². The molecule has 0 bridgehead atoms. The summed E-state index contributed by atoms with van der Waals surface area (Å²) in [6.07, 6.45) is 2.91. The van der Waals surface area contributed by atoms with E-state index in [2.05, 4.69) is 4.98 Å². The third kappa shape index (κ3) is 2.35. The predicted octanol–water partition coefficient (Wildman–Crippen LogP) is 1.36. The van der Waals surface area contributed by atoms with E-state index in [-0.39, 0.29) is 4.90 Å². The standard InChI is InChI=1S/C15H16N2O3S/c1-17-13(10-11-6-8-16-9-7-11)15(18)12-4-2-3-5-14(12)21(17,19)20/h2-9,13,15,18H,10H2,1H3/t13-,15-/m1/s1. The topological polar surface area (TPSA) is 70.5 Å². The molecular formula is C15H16N2O3S. The van der Waals surface area contributed by atoms with Gasteiger partial charge in [0.15, 0.2) is 0 Å². The van der Waals surface area contributed by atoms with Crippen LogP contribution in [-0.2, 0) is 16.4 Å². The van der Waals surface area contributed by atoms with Gasteiger partial charge in [-0.05, 0) is 30.2 Å². The second kappa shape index (κ2) is 5.22. The molecule has 0 aliphatic carbocycles. The van der Waals surface area contributed by atoms with Crippen LogP contribution >= 0.6 is 0 Å². The number of aliphatic hydroxyl groups is 1. The molecule has 0 spiro atoms. The van der Waals surface area contributed by atoms with E-state index in [4.69, 9.17) is 0 Å². The van der Waals surface area contributed by atoms with Crippen molar-refractivity contribution in [2.75, 3.05) is 7.05 Å². The van der Waals surface area contributed by atoms with Crippen molar-refractivity contribution in [1.82, 2.24) is 9.29 Å². The monoisotopic (exact) mass is 304 g/mol. The summed E-state index contributed by atoms with van der Waals surface area (Å²) < 4.78 is 26.4. The Kier molecular flexibility index (Phi) is 3.52. The smallest absolute Gasteiger partial charge is 0.243 e. The van der Waals surface area contributed by atoms with Crippen LogP contribution in [0, 0.1) is 0 Å². The Hall–Kier alpha value is -1.76. The normalized spacial score (nSPS) is 24.5. The molecule has 0 amide bonds. The summed E-state index contributed by atoms with van der Waals surface area (Å²) in [6, 6.07) is 9.75. The van der Waals surface area contributed by atoms with Crippen molar-refractivity contribution in [3.8, 4) is 0 Å². The molecule has 110 valence electrons. The van der Waals surface area contributed by atoms with Gasteiger partial charge in [-0.25, -0.2) is 8.42 Å². The highest BCUT2D eigenvalue weighted by molar-refractivity contribution is 7.89. The van der Waals surface area contributed by atoms with Crippen LogP contribution in [0.3, 0.4) is 0 Å². The Morgan fingerprint density at radius 2 is 1.86 bits per heavy atom. The first kappa shape index (κ1) is 14.2. The van der Waals surface area contributed by atoms with E-state index < -0.39 is 22.2 Å². The molecule has 2 atom stereocenters. The Morgan fingerprint density at radius 1 is 1.19 bits per heavy atom. The van der Waals surface area contributed by atoms with E-state index in [9.17, 15) is 13.5 Å². The molecule has 5 nitrogen and oxygen atoms in total. The first-order valence-corrected chi connectivity index (χ1v) is 8.10. The molecule has 0 radical (unpaired) electrons. The van der Waals surface area contributed by atoms with Gasteiger partial charge >= 0.3 is 0 Å². The van der Waals surface area contributed by atoms with E-state index in [1.54, 1.807) is 30.6 Å². The van der Waals surface area contributed by atoms with E-state index in [1.807, 2.05) is 12.1 Å². The van der Waals surface area contributed by atoms with Crippen LogP contribution < -0.4 is 0 Å². The Labute approximate surface area is 123 Å². The molecule has 1 aromatic carbocycles. The highest BCUT2D eigenvalue weighted by Crippen LogP contribution is 2.36. The Bertz CT molecular complexity index is 747. The summed E-state index contributed by atoms with van der Waals surface area (Å²) in [5.41, 5.74) is 1.41. The molecule has 2 aromatic rings. The van der Waals surface area contributed by atoms with Crippen LogP contribution in [0.25, 0.3) is 0 Å².